The number of sulfonamides is 1. The molecule has 0 aromatic heterocycles. The van der Waals surface area contributed by atoms with E-state index in [9.17, 15) is 16.8 Å². The molecular weight excluding hydrogens is 350 g/mol. The van der Waals surface area contributed by atoms with Crippen LogP contribution in [0.25, 0.3) is 0 Å². The number of hydrogen-bond donors (Lipinski definition) is 1. The summed E-state index contributed by atoms with van der Waals surface area (Å²) in [6, 6.07) is 4.99. The summed E-state index contributed by atoms with van der Waals surface area (Å²) in [5.74, 6) is 0.0461. The van der Waals surface area contributed by atoms with Crippen molar-refractivity contribution in [2.45, 2.75) is 63.5 Å². The van der Waals surface area contributed by atoms with Crippen LogP contribution in [0.5, 0.6) is 0 Å². The molecule has 1 saturated carbocycles. The lowest BCUT2D eigenvalue weighted by atomic mass is 9.94. The minimum atomic E-state index is -3.80. The van der Waals surface area contributed by atoms with Crippen LogP contribution in [0.15, 0.2) is 23.1 Å². The highest BCUT2D eigenvalue weighted by molar-refractivity contribution is 7.89. The Morgan fingerprint density at radius 1 is 1.08 bits per heavy atom. The largest absolute Gasteiger partial charge is 0.297 e. The summed E-state index contributed by atoms with van der Waals surface area (Å²) < 4.78 is 56.1. The van der Waals surface area contributed by atoms with Crippen LogP contribution < -0.4 is 4.72 Å². The minimum Gasteiger partial charge on any atom is -0.263 e. The Hall–Kier alpha value is -0.960. The van der Waals surface area contributed by atoms with E-state index < -0.39 is 26.2 Å². The van der Waals surface area contributed by atoms with Crippen molar-refractivity contribution in [2.75, 3.05) is 5.75 Å². The van der Waals surface area contributed by atoms with E-state index in [0.717, 1.165) is 5.56 Å². The van der Waals surface area contributed by atoms with Gasteiger partial charge in [0.1, 0.15) is 0 Å². The Labute approximate surface area is 144 Å². The molecule has 0 saturated heterocycles. The van der Waals surface area contributed by atoms with Gasteiger partial charge in [-0.2, -0.15) is 8.42 Å². The maximum atomic E-state index is 12.5. The topological polar surface area (TPSA) is 89.5 Å². The lowest BCUT2D eigenvalue weighted by Gasteiger charge is -2.28. The summed E-state index contributed by atoms with van der Waals surface area (Å²) in [4.78, 5) is 0.196. The van der Waals surface area contributed by atoms with Crippen LogP contribution in [0.3, 0.4) is 0 Å². The predicted molar refractivity (Wildman–Crippen MR) is 92.8 cm³/mol. The van der Waals surface area contributed by atoms with Crippen LogP contribution in [0.2, 0.25) is 0 Å². The van der Waals surface area contributed by atoms with Crippen molar-refractivity contribution >= 4 is 20.1 Å². The van der Waals surface area contributed by atoms with Crippen LogP contribution in [-0.4, -0.2) is 34.7 Å². The second kappa shape index (κ2) is 7.51. The van der Waals surface area contributed by atoms with E-state index in [1.54, 1.807) is 26.0 Å². The van der Waals surface area contributed by atoms with Gasteiger partial charge in [0.2, 0.25) is 10.0 Å². The minimum absolute atomic E-state index is 0.0461. The summed E-state index contributed by atoms with van der Waals surface area (Å²) in [5, 5.41) is 0. The molecule has 0 heterocycles. The summed E-state index contributed by atoms with van der Waals surface area (Å²) in [6.07, 6.45) is 1.78. The SMILES string of the molecule is CCS(=O)(=O)NC1CCC(OS(=O)(=O)c2ccc(C)cc2C)CC1. The Morgan fingerprint density at radius 3 is 2.25 bits per heavy atom. The van der Waals surface area contributed by atoms with E-state index in [1.807, 2.05) is 13.0 Å². The highest BCUT2D eigenvalue weighted by Gasteiger charge is 2.29. The maximum Gasteiger partial charge on any atom is 0.297 e. The van der Waals surface area contributed by atoms with Gasteiger partial charge >= 0.3 is 0 Å². The van der Waals surface area contributed by atoms with E-state index in [0.29, 0.717) is 31.2 Å². The van der Waals surface area contributed by atoms with Crippen molar-refractivity contribution in [3.63, 3.8) is 0 Å². The molecule has 8 heteroatoms. The Kier molecular flexibility index (Phi) is 6.06. The molecule has 0 bridgehead atoms. The summed E-state index contributed by atoms with van der Waals surface area (Å²) in [6.45, 7) is 5.25. The van der Waals surface area contributed by atoms with Crippen molar-refractivity contribution in [2.24, 2.45) is 0 Å². The smallest absolute Gasteiger partial charge is 0.263 e. The van der Waals surface area contributed by atoms with Crippen molar-refractivity contribution in [1.29, 1.82) is 0 Å². The fraction of sp³-hybridized carbons (Fsp3) is 0.625. The zero-order valence-electron chi connectivity index (χ0n) is 14.3. The molecule has 0 unspecified atom stereocenters. The monoisotopic (exact) mass is 375 g/mol. The van der Waals surface area contributed by atoms with Gasteiger partial charge in [-0.15, -0.1) is 0 Å². The summed E-state index contributed by atoms with van der Waals surface area (Å²) >= 11 is 0. The van der Waals surface area contributed by atoms with Crippen molar-refractivity contribution in [3.8, 4) is 0 Å². The molecule has 0 spiro atoms. The molecule has 1 N–H and O–H groups in total. The van der Waals surface area contributed by atoms with Crippen LogP contribution in [0, 0.1) is 13.8 Å². The molecule has 1 fully saturated rings. The molecule has 24 heavy (non-hydrogen) atoms. The first-order valence-electron chi connectivity index (χ1n) is 8.13. The normalized spacial score (nSPS) is 22.5. The molecule has 1 aromatic carbocycles. The molecule has 2 rings (SSSR count). The van der Waals surface area contributed by atoms with E-state index in [1.165, 1.54) is 0 Å². The van der Waals surface area contributed by atoms with E-state index in [-0.39, 0.29) is 16.7 Å². The van der Waals surface area contributed by atoms with Crippen LogP contribution in [0.4, 0.5) is 0 Å². The van der Waals surface area contributed by atoms with E-state index >= 15 is 0 Å². The van der Waals surface area contributed by atoms with Crippen molar-refractivity contribution in [3.05, 3.63) is 29.3 Å². The molecular formula is C16H25NO5S2. The second-order valence-electron chi connectivity index (χ2n) is 6.31. The fourth-order valence-corrected chi connectivity index (χ4v) is 5.18. The lowest BCUT2D eigenvalue weighted by Crippen LogP contribution is -2.40. The number of nitrogens with one attached hydrogen (secondary N) is 1. The van der Waals surface area contributed by atoms with Crippen LogP contribution in [-0.2, 0) is 24.3 Å². The Bertz CT molecular complexity index is 779. The average Bonchev–Trinajstić information content (AvgIpc) is 2.48. The second-order valence-corrected chi connectivity index (χ2v) is 9.90. The third-order valence-corrected chi connectivity index (χ3v) is 7.24. The zero-order valence-corrected chi connectivity index (χ0v) is 15.9. The Morgan fingerprint density at radius 2 is 1.71 bits per heavy atom. The van der Waals surface area contributed by atoms with Gasteiger partial charge in [0.25, 0.3) is 10.1 Å². The molecule has 0 amide bonds. The first kappa shape index (κ1) is 19.4. The average molecular weight is 376 g/mol. The first-order chi connectivity index (χ1) is 11.1. The predicted octanol–water partition coefficient (Wildman–Crippen LogP) is 2.26. The van der Waals surface area contributed by atoms with Gasteiger partial charge in [0, 0.05) is 6.04 Å². The van der Waals surface area contributed by atoms with Gasteiger partial charge in [-0.1, -0.05) is 17.7 Å². The van der Waals surface area contributed by atoms with E-state index in [2.05, 4.69) is 4.72 Å². The fourth-order valence-electron chi connectivity index (χ4n) is 2.92. The quantitative estimate of drug-likeness (QED) is 0.770. The summed E-state index contributed by atoms with van der Waals surface area (Å²) in [5.41, 5.74) is 1.66. The highest BCUT2D eigenvalue weighted by atomic mass is 32.2. The molecule has 0 atom stereocenters. The van der Waals surface area contributed by atoms with Crippen molar-refractivity contribution in [1.82, 2.24) is 4.72 Å². The molecule has 1 aliphatic carbocycles. The van der Waals surface area contributed by atoms with Gasteiger partial charge in [-0.25, -0.2) is 13.1 Å². The number of hydrogen-bond acceptors (Lipinski definition) is 5. The van der Waals surface area contributed by atoms with Gasteiger partial charge in [-0.3, -0.25) is 4.18 Å². The number of benzene rings is 1. The Balaban J connectivity index is 1.98. The number of rotatable bonds is 6. The summed E-state index contributed by atoms with van der Waals surface area (Å²) in [7, 11) is -7.04. The first-order valence-corrected chi connectivity index (χ1v) is 11.2. The van der Waals surface area contributed by atoms with Crippen LogP contribution in [0.1, 0.15) is 43.7 Å². The number of aryl methyl sites for hydroxylation is 2. The van der Waals surface area contributed by atoms with Crippen molar-refractivity contribution < 1.29 is 21.0 Å². The maximum absolute atomic E-state index is 12.5. The standard InChI is InChI=1S/C16H25NO5S2/c1-4-23(18,19)17-14-6-8-15(9-7-14)22-24(20,21)16-10-5-12(2)11-13(16)3/h5,10-11,14-15,17H,4,6-9H2,1-3H3. The molecule has 0 aliphatic heterocycles. The van der Waals surface area contributed by atoms with Gasteiger partial charge in [0.15, 0.2) is 0 Å². The lowest BCUT2D eigenvalue weighted by molar-refractivity contribution is 0.151. The van der Waals surface area contributed by atoms with Gasteiger partial charge < -0.3 is 0 Å². The van der Waals surface area contributed by atoms with Gasteiger partial charge in [-0.05, 0) is 58.1 Å². The van der Waals surface area contributed by atoms with E-state index in [4.69, 9.17) is 4.18 Å². The molecule has 1 aliphatic rings. The zero-order chi connectivity index (χ0) is 18.0. The third-order valence-electron chi connectivity index (χ3n) is 4.26. The molecule has 0 radical (unpaired) electrons. The molecule has 6 nitrogen and oxygen atoms in total. The molecule has 1 aromatic rings. The molecule has 136 valence electrons. The van der Waals surface area contributed by atoms with Crippen LogP contribution >= 0.6 is 0 Å². The third kappa shape index (κ3) is 5.02. The highest BCUT2D eigenvalue weighted by Crippen LogP contribution is 2.27. The van der Waals surface area contributed by atoms with Gasteiger partial charge in [0.05, 0.1) is 16.8 Å².